The third kappa shape index (κ3) is 4.22. The number of carbonyl (C=O) groups is 1. The van der Waals surface area contributed by atoms with Crippen LogP contribution < -0.4 is 5.32 Å². The van der Waals surface area contributed by atoms with Crippen LogP contribution in [0.25, 0.3) is 0 Å². The maximum absolute atomic E-state index is 11.9. The van der Waals surface area contributed by atoms with Crippen molar-refractivity contribution >= 4 is 33.0 Å². The molecule has 1 aromatic rings. The van der Waals surface area contributed by atoms with Gasteiger partial charge >= 0.3 is 0 Å². The van der Waals surface area contributed by atoms with Crippen molar-refractivity contribution in [1.82, 2.24) is 0 Å². The number of nitriles is 1. The monoisotopic (exact) mass is 314 g/mol. The summed E-state index contributed by atoms with van der Waals surface area (Å²) in [4.78, 5) is 11.9. The molecule has 5 nitrogen and oxygen atoms in total. The molecule has 0 radical (unpaired) electrons. The van der Waals surface area contributed by atoms with E-state index in [2.05, 4.69) is 5.32 Å². The highest BCUT2D eigenvalue weighted by Gasteiger charge is 2.27. The topological polar surface area (TPSA) is 87.0 Å². The summed E-state index contributed by atoms with van der Waals surface area (Å²) in [5.41, 5.74) is 1.30. The Labute approximate surface area is 123 Å². The Bertz CT molecular complexity index is 650. The van der Waals surface area contributed by atoms with Gasteiger partial charge in [-0.3, -0.25) is 4.79 Å². The van der Waals surface area contributed by atoms with Crippen LogP contribution in [0.1, 0.15) is 18.9 Å². The highest BCUT2D eigenvalue weighted by atomic mass is 35.5. The van der Waals surface area contributed by atoms with Crippen molar-refractivity contribution in [2.75, 3.05) is 11.1 Å². The number of nitrogens with one attached hydrogen (secondary N) is 1. The van der Waals surface area contributed by atoms with Gasteiger partial charge in [0.15, 0.2) is 9.84 Å². The van der Waals surface area contributed by atoms with Crippen LogP contribution in [0, 0.1) is 18.3 Å². The Morgan fingerprint density at radius 1 is 1.50 bits per heavy atom. The molecular weight excluding hydrogens is 300 g/mol. The van der Waals surface area contributed by atoms with E-state index >= 15 is 0 Å². The Balaban J connectivity index is 2.80. The maximum atomic E-state index is 11.9. The van der Waals surface area contributed by atoms with Crippen LogP contribution in [0.2, 0.25) is 5.02 Å². The summed E-state index contributed by atoms with van der Waals surface area (Å²) < 4.78 is 23.6. The average molecular weight is 315 g/mol. The lowest BCUT2D eigenvalue weighted by Crippen LogP contribution is -2.34. The van der Waals surface area contributed by atoms with Gasteiger partial charge in [0.25, 0.3) is 0 Å². The Morgan fingerprint density at radius 2 is 2.15 bits per heavy atom. The molecule has 0 bridgehead atoms. The summed E-state index contributed by atoms with van der Waals surface area (Å²) in [6, 6.07) is 6.69. The van der Waals surface area contributed by atoms with Crippen LogP contribution >= 0.6 is 11.6 Å². The minimum Gasteiger partial charge on any atom is -0.325 e. The number of amides is 1. The minimum absolute atomic E-state index is 0.129. The van der Waals surface area contributed by atoms with Crippen LogP contribution in [0.15, 0.2) is 18.2 Å². The third-order valence-electron chi connectivity index (χ3n) is 2.85. The number of hydrogen-bond acceptors (Lipinski definition) is 4. The second-order valence-electron chi connectivity index (χ2n) is 4.37. The van der Waals surface area contributed by atoms with E-state index < -0.39 is 21.0 Å². The maximum Gasteiger partial charge on any atom is 0.242 e. The molecule has 0 saturated heterocycles. The molecule has 0 aliphatic carbocycles. The summed E-state index contributed by atoms with van der Waals surface area (Å²) in [7, 11) is -3.63. The van der Waals surface area contributed by atoms with Crippen molar-refractivity contribution in [1.29, 1.82) is 5.26 Å². The van der Waals surface area contributed by atoms with E-state index in [-0.39, 0.29) is 12.2 Å². The Hall–Kier alpha value is -1.58. The van der Waals surface area contributed by atoms with Crippen LogP contribution in [-0.2, 0) is 14.6 Å². The smallest absolute Gasteiger partial charge is 0.242 e. The SMILES string of the molecule is Cc1ccc(NC(=O)C(C)S(=O)(=O)CCC#N)cc1Cl. The zero-order valence-electron chi connectivity index (χ0n) is 11.2. The molecule has 0 aliphatic heterocycles. The molecule has 7 heteroatoms. The molecule has 1 atom stereocenters. The van der Waals surface area contributed by atoms with Crippen LogP contribution in [0.4, 0.5) is 5.69 Å². The van der Waals surface area contributed by atoms with Gasteiger partial charge in [-0.05, 0) is 31.5 Å². The Morgan fingerprint density at radius 3 is 2.70 bits per heavy atom. The van der Waals surface area contributed by atoms with Gasteiger partial charge in [-0.1, -0.05) is 17.7 Å². The third-order valence-corrected chi connectivity index (χ3v) is 5.32. The fraction of sp³-hybridized carbons (Fsp3) is 0.385. The van der Waals surface area contributed by atoms with E-state index in [1.807, 2.05) is 6.92 Å². The lowest BCUT2D eigenvalue weighted by Gasteiger charge is -2.13. The molecule has 1 N–H and O–H groups in total. The number of aryl methyl sites for hydroxylation is 1. The van der Waals surface area contributed by atoms with Gasteiger partial charge in [0.2, 0.25) is 5.91 Å². The van der Waals surface area contributed by atoms with Crippen molar-refractivity contribution in [2.45, 2.75) is 25.5 Å². The van der Waals surface area contributed by atoms with Gasteiger partial charge in [-0.25, -0.2) is 8.42 Å². The number of rotatable bonds is 5. The predicted molar refractivity (Wildman–Crippen MR) is 78.3 cm³/mol. The standard InChI is InChI=1S/C13H15ClN2O3S/c1-9-4-5-11(8-12(9)14)16-13(17)10(2)20(18,19)7-3-6-15/h4-5,8,10H,3,7H2,1-2H3,(H,16,17). The van der Waals surface area contributed by atoms with Gasteiger partial charge in [0.1, 0.15) is 5.25 Å². The molecule has 0 aliphatic rings. The molecule has 0 saturated carbocycles. The summed E-state index contributed by atoms with van der Waals surface area (Å²) in [6.07, 6.45) is -0.129. The highest BCUT2D eigenvalue weighted by Crippen LogP contribution is 2.20. The molecule has 108 valence electrons. The minimum atomic E-state index is -3.63. The fourth-order valence-corrected chi connectivity index (χ4v) is 2.74. The number of benzene rings is 1. The van der Waals surface area contributed by atoms with Gasteiger partial charge in [-0.2, -0.15) is 5.26 Å². The zero-order valence-corrected chi connectivity index (χ0v) is 12.8. The van der Waals surface area contributed by atoms with E-state index in [9.17, 15) is 13.2 Å². The molecule has 0 aromatic heterocycles. The number of anilines is 1. The van der Waals surface area contributed by atoms with E-state index in [4.69, 9.17) is 16.9 Å². The summed E-state index contributed by atoms with van der Waals surface area (Å²) >= 11 is 5.93. The molecular formula is C13H15ClN2O3S. The lowest BCUT2D eigenvalue weighted by atomic mass is 10.2. The van der Waals surface area contributed by atoms with Gasteiger partial charge in [-0.15, -0.1) is 0 Å². The van der Waals surface area contributed by atoms with Gasteiger partial charge in [0.05, 0.1) is 11.8 Å². The second-order valence-corrected chi connectivity index (χ2v) is 7.22. The highest BCUT2D eigenvalue weighted by molar-refractivity contribution is 7.92. The summed E-state index contributed by atoms with van der Waals surface area (Å²) in [5, 5.41) is 10.2. The normalized spacial score (nSPS) is 12.5. The molecule has 1 aromatic carbocycles. The van der Waals surface area contributed by atoms with Gasteiger partial charge < -0.3 is 5.32 Å². The summed E-state index contributed by atoms with van der Waals surface area (Å²) in [5.74, 6) is -0.963. The zero-order chi connectivity index (χ0) is 15.3. The number of hydrogen-bond donors (Lipinski definition) is 1. The van der Waals surface area contributed by atoms with Crippen molar-refractivity contribution in [3.8, 4) is 6.07 Å². The van der Waals surface area contributed by atoms with Crippen molar-refractivity contribution in [3.05, 3.63) is 28.8 Å². The summed E-state index contributed by atoms with van der Waals surface area (Å²) in [6.45, 7) is 3.13. The van der Waals surface area contributed by atoms with Crippen LogP contribution in [-0.4, -0.2) is 25.3 Å². The number of sulfone groups is 1. The van der Waals surface area contributed by atoms with Gasteiger partial charge in [0, 0.05) is 17.1 Å². The molecule has 20 heavy (non-hydrogen) atoms. The van der Waals surface area contributed by atoms with E-state index in [1.165, 1.54) is 6.92 Å². The number of nitrogens with zero attached hydrogens (tertiary/aromatic N) is 1. The predicted octanol–water partition coefficient (Wildman–Crippen LogP) is 2.30. The fourth-order valence-electron chi connectivity index (χ4n) is 1.44. The Kier molecular flexibility index (Phi) is 5.54. The molecule has 0 spiro atoms. The molecule has 1 unspecified atom stereocenters. The molecule has 0 fully saturated rings. The van der Waals surface area contributed by atoms with Crippen molar-refractivity contribution in [3.63, 3.8) is 0 Å². The van der Waals surface area contributed by atoms with E-state index in [0.29, 0.717) is 10.7 Å². The van der Waals surface area contributed by atoms with E-state index in [0.717, 1.165) is 5.56 Å². The lowest BCUT2D eigenvalue weighted by molar-refractivity contribution is -0.115. The molecule has 1 rings (SSSR count). The quantitative estimate of drug-likeness (QED) is 0.903. The first kappa shape index (κ1) is 16.5. The molecule has 0 heterocycles. The first-order chi connectivity index (χ1) is 9.27. The first-order valence-corrected chi connectivity index (χ1v) is 8.03. The molecule has 1 amide bonds. The van der Waals surface area contributed by atoms with E-state index in [1.54, 1.807) is 24.3 Å². The van der Waals surface area contributed by atoms with Crippen LogP contribution in [0.3, 0.4) is 0 Å². The number of carbonyl (C=O) groups excluding carboxylic acids is 1. The van der Waals surface area contributed by atoms with Crippen LogP contribution in [0.5, 0.6) is 0 Å². The number of halogens is 1. The second kappa shape index (κ2) is 6.73. The largest absolute Gasteiger partial charge is 0.325 e. The van der Waals surface area contributed by atoms with Crippen molar-refractivity contribution in [2.24, 2.45) is 0 Å². The first-order valence-electron chi connectivity index (χ1n) is 5.93. The average Bonchev–Trinajstić information content (AvgIpc) is 2.39. The van der Waals surface area contributed by atoms with Crippen molar-refractivity contribution < 1.29 is 13.2 Å².